The first kappa shape index (κ1) is 14.3. The quantitative estimate of drug-likeness (QED) is 0.869. The number of nitrogens with two attached hydrogens (primary N) is 1. The number of benzene rings is 1. The summed E-state index contributed by atoms with van der Waals surface area (Å²) in [6.45, 7) is 0. The molecule has 1 atom stereocenters. The number of hydrogen-bond acceptors (Lipinski definition) is 4. The van der Waals surface area contributed by atoms with Gasteiger partial charge in [-0.1, -0.05) is 61.2 Å². The molecule has 1 fully saturated rings. The summed E-state index contributed by atoms with van der Waals surface area (Å²) in [4.78, 5) is 4.58. The van der Waals surface area contributed by atoms with Crippen LogP contribution in [0.15, 0.2) is 34.9 Å². The molecule has 2 aromatic rings. The molecule has 3 rings (SSSR count). The van der Waals surface area contributed by atoms with Crippen molar-refractivity contribution >= 4 is 0 Å². The van der Waals surface area contributed by atoms with E-state index < -0.39 is 0 Å². The predicted octanol–water partition coefficient (Wildman–Crippen LogP) is 3.75. The van der Waals surface area contributed by atoms with Crippen LogP contribution in [0.25, 0.3) is 0 Å². The van der Waals surface area contributed by atoms with Gasteiger partial charge in [0, 0.05) is 18.4 Å². The van der Waals surface area contributed by atoms with Crippen molar-refractivity contribution in [2.75, 3.05) is 0 Å². The van der Waals surface area contributed by atoms with Crippen molar-refractivity contribution in [3.8, 4) is 0 Å². The number of aromatic nitrogens is 2. The summed E-state index contributed by atoms with van der Waals surface area (Å²) in [5.74, 6) is 2.01. The van der Waals surface area contributed by atoms with E-state index in [-0.39, 0.29) is 6.04 Å². The van der Waals surface area contributed by atoms with Gasteiger partial charge in [-0.3, -0.25) is 0 Å². The van der Waals surface area contributed by atoms with E-state index in [9.17, 15) is 0 Å². The van der Waals surface area contributed by atoms with E-state index in [1.807, 2.05) is 30.3 Å². The molecule has 0 spiro atoms. The molecule has 0 amide bonds. The summed E-state index contributed by atoms with van der Waals surface area (Å²) in [5, 5.41) is 4.19. The van der Waals surface area contributed by atoms with E-state index in [1.165, 1.54) is 38.5 Å². The fraction of sp³-hybridized carbons (Fsp3) is 0.529. The Labute approximate surface area is 125 Å². The van der Waals surface area contributed by atoms with Crippen molar-refractivity contribution in [1.82, 2.24) is 10.1 Å². The van der Waals surface area contributed by atoms with Crippen molar-refractivity contribution in [2.45, 2.75) is 56.9 Å². The van der Waals surface area contributed by atoms with Gasteiger partial charge < -0.3 is 10.3 Å². The Morgan fingerprint density at radius 2 is 1.81 bits per heavy atom. The Morgan fingerprint density at radius 1 is 1.10 bits per heavy atom. The zero-order chi connectivity index (χ0) is 14.5. The summed E-state index contributed by atoms with van der Waals surface area (Å²) in [6, 6.07) is 9.97. The van der Waals surface area contributed by atoms with Crippen LogP contribution in [-0.2, 0) is 6.42 Å². The summed E-state index contributed by atoms with van der Waals surface area (Å²) in [5.41, 5.74) is 7.32. The lowest BCUT2D eigenvalue weighted by Gasteiger charge is -2.09. The van der Waals surface area contributed by atoms with Gasteiger partial charge >= 0.3 is 0 Å². The van der Waals surface area contributed by atoms with E-state index in [4.69, 9.17) is 10.3 Å². The largest absolute Gasteiger partial charge is 0.339 e. The average molecular weight is 285 g/mol. The highest BCUT2D eigenvalue weighted by atomic mass is 16.5. The minimum atomic E-state index is -0.0892. The van der Waals surface area contributed by atoms with Crippen LogP contribution in [0.1, 0.15) is 67.8 Å². The van der Waals surface area contributed by atoms with Gasteiger partial charge in [-0.05, 0) is 18.4 Å². The van der Waals surface area contributed by atoms with Crippen LogP contribution in [0.2, 0.25) is 0 Å². The fourth-order valence-corrected chi connectivity index (χ4v) is 3.06. The molecule has 21 heavy (non-hydrogen) atoms. The molecule has 4 nitrogen and oxygen atoms in total. The molecule has 1 heterocycles. The molecule has 2 N–H and O–H groups in total. The highest BCUT2D eigenvalue weighted by Crippen LogP contribution is 2.30. The van der Waals surface area contributed by atoms with Gasteiger partial charge in [0.05, 0.1) is 0 Å². The number of nitrogens with zero attached hydrogens (tertiary/aromatic N) is 2. The van der Waals surface area contributed by atoms with Crippen LogP contribution in [0.5, 0.6) is 0 Å². The second-order valence-electron chi connectivity index (χ2n) is 5.96. The molecular formula is C17H23N3O. The van der Waals surface area contributed by atoms with Gasteiger partial charge in [-0.25, -0.2) is 0 Å². The van der Waals surface area contributed by atoms with Crippen LogP contribution in [-0.4, -0.2) is 10.1 Å². The van der Waals surface area contributed by atoms with Gasteiger partial charge in [0.25, 0.3) is 0 Å². The van der Waals surface area contributed by atoms with Crippen LogP contribution < -0.4 is 5.73 Å². The minimum absolute atomic E-state index is 0.0892. The molecule has 112 valence electrons. The molecule has 0 bridgehead atoms. The Morgan fingerprint density at radius 3 is 2.52 bits per heavy atom. The average Bonchev–Trinajstić information content (AvgIpc) is 2.81. The van der Waals surface area contributed by atoms with Gasteiger partial charge in [0.15, 0.2) is 5.82 Å². The van der Waals surface area contributed by atoms with Crippen LogP contribution in [0.4, 0.5) is 0 Å². The predicted molar refractivity (Wildman–Crippen MR) is 81.8 cm³/mol. The van der Waals surface area contributed by atoms with Crippen molar-refractivity contribution in [1.29, 1.82) is 0 Å². The molecule has 1 unspecified atom stereocenters. The molecule has 1 aliphatic carbocycles. The van der Waals surface area contributed by atoms with E-state index in [0.717, 1.165) is 11.4 Å². The molecule has 1 aliphatic rings. The van der Waals surface area contributed by atoms with Gasteiger partial charge in [0.1, 0.15) is 0 Å². The highest BCUT2D eigenvalue weighted by molar-refractivity contribution is 5.19. The lowest BCUT2D eigenvalue weighted by atomic mass is 10.00. The Hall–Kier alpha value is -1.68. The third-order valence-corrected chi connectivity index (χ3v) is 4.33. The first-order valence-corrected chi connectivity index (χ1v) is 7.96. The van der Waals surface area contributed by atoms with Crippen molar-refractivity contribution in [3.63, 3.8) is 0 Å². The lowest BCUT2D eigenvalue weighted by molar-refractivity contribution is 0.360. The molecule has 0 radical (unpaired) electrons. The maximum Gasteiger partial charge on any atom is 0.228 e. The third-order valence-electron chi connectivity index (χ3n) is 4.33. The fourth-order valence-electron chi connectivity index (χ4n) is 3.06. The smallest absolute Gasteiger partial charge is 0.228 e. The molecular weight excluding hydrogens is 262 g/mol. The van der Waals surface area contributed by atoms with E-state index in [0.29, 0.717) is 18.2 Å². The van der Waals surface area contributed by atoms with E-state index in [2.05, 4.69) is 10.1 Å². The van der Waals surface area contributed by atoms with Gasteiger partial charge in [0.2, 0.25) is 5.89 Å². The van der Waals surface area contributed by atoms with Crippen molar-refractivity contribution in [3.05, 3.63) is 47.6 Å². The number of hydrogen-bond donors (Lipinski definition) is 1. The molecule has 1 saturated carbocycles. The first-order valence-electron chi connectivity index (χ1n) is 7.96. The monoisotopic (exact) mass is 285 g/mol. The van der Waals surface area contributed by atoms with Crippen molar-refractivity contribution in [2.24, 2.45) is 5.73 Å². The van der Waals surface area contributed by atoms with Crippen LogP contribution in [0, 0.1) is 0 Å². The topological polar surface area (TPSA) is 64.9 Å². The highest BCUT2D eigenvalue weighted by Gasteiger charge is 2.20. The SMILES string of the molecule is NC(Cc1nc(C2CCCCCC2)no1)c1ccccc1. The molecule has 1 aromatic heterocycles. The van der Waals surface area contributed by atoms with E-state index in [1.54, 1.807) is 0 Å². The first-order chi connectivity index (χ1) is 10.3. The Kier molecular flexibility index (Phi) is 4.65. The summed E-state index contributed by atoms with van der Waals surface area (Å²) < 4.78 is 5.41. The molecule has 4 heteroatoms. The minimum Gasteiger partial charge on any atom is -0.339 e. The molecule has 1 aromatic carbocycles. The van der Waals surface area contributed by atoms with Crippen molar-refractivity contribution < 1.29 is 4.52 Å². The number of rotatable bonds is 4. The summed E-state index contributed by atoms with van der Waals surface area (Å²) >= 11 is 0. The zero-order valence-corrected chi connectivity index (χ0v) is 12.4. The Bertz CT molecular complexity index is 544. The van der Waals surface area contributed by atoms with Crippen LogP contribution >= 0.6 is 0 Å². The van der Waals surface area contributed by atoms with Gasteiger partial charge in [-0.2, -0.15) is 4.98 Å². The second kappa shape index (κ2) is 6.85. The Balaban J connectivity index is 1.64. The van der Waals surface area contributed by atoms with Crippen LogP contribution in [0.3, 0.4) is 0 Å². The molecule has 0 aliphatic heterocycles. The lowest BCUT2D eigenvalue weighted by Crippen LogP contribution is -2.13. The summed E-state index contributed by atoms with van der Waals surface area (Å²) in [6.07, 6.45) is 8.19. The van der Waals surface area contributed by atoms with E-state index >= 15 is 0 Å². The normalized spacial score (nSPS) is 18.3. The maximum absolute atomic E-state index is 6.21. The maximum atomic E-state index is 6.21. The standard InChI is InChI=1S/C17H23N3O/c18-15(13-8-6-3-7-9-13)12-16-19-17(20-21-16)14-10-4-1-2-5-11-14/h3,6-9,14-15H,1-2,4-5,10-12,18H2. The second-order valence-corrected chi connectivity index (χ2v) is 5.96. The van der Waals surface area contributed by atoms with Gasteiger partial charge in [-0.15, -0.1) is 0 Å². The summed E-state index contributed by atoms with van der Waals surface area (Å²) in [7, 11) is 0. The molecule has 0 saturated heterocycles. The zero-order valence-electron chi connectivity index (χ0n) is 12.4. The third kappa shape index (κ3) is 3.70.